The van der Waals surface area contributed by atoms with Gasteiger partial charge >= 0.3 is 0 Å². The number of benzene rings is 1. The smallest absolute Gasteiger partial charge is 0.263 e. The van der Waals surface area contributed by atoms with Crippen LogP contribution in [-0.4, -0.2) is 27.5 Å². The largest absolute Gasteiger partial charge is 0.493 e. The predicted octanol–water partition coefficient (Wildman–Crippen LogP) is 3.16. The van der Waals surface area contributed by atoms with Crippen molar-refractivity contribution in [3.63, 3.8) is 0 Å². The monoisotopic (exact) mass is 352 g/mol. The number of fused-ring (bicyclic) bond motifs is 1. The molecule has 0 saturated heterocycles. The molecule has 1 atom stereocenters. The zero-order chi connectivity index (χ0) is 17.2. The number of carbonyl (C=O) groups is 1. The van der Waals surface area contributed by atoms with Crippen LogP contribution in [0.2, 0.25) is 0 Å². The summed E-state index contributed by atoms with van der Waals surface area (Å²) in [5, 5.41) is 3.76. The fourth-order valence-corrected chi connectivity index (χ4v) is 3.75. The van der Waals surface area contributed by atoms with Crippen molar-refractivity contribution in [1.82, 2.24) is 20.3 Å². The van der Waals surface area contributed by atoms with E-state index >= 15 is 0 Å². The Kier molecular flexibility index (Phi) is 4.15. The Morgan fingerprint density at radius 2 is 2.04 bits per heavy atom. The van der Waals surface area contributed by atoms with Crippen LogP contribution in [0.15, 0.2) is 42.7 Å². The molecule has 1 amide bonds. The molecule has 0 saturated carbocycles. The van der Waals surface area contributed by atoms with Gasteiger partial charge in [-0.1, -0.05) is 18.2 Å². The average Bonchev–Trinajstić information content (AvgIpc) is 3.05. The van der Waals surface area contributed by atoms with Gasteiger partial charge in [-0.15, -0.1) is 11.3 Å². The number of hydrogen-bond donors (Lipinski definition) is 1. The number of amides is 1. The van der Waals surface area contributed by atoms with Crippen LogP contribution < -0.4 is 10.1 Å². The molecule has 3 heterocycles. The third-order valence-electron chi connectivity index (χ3n) is 4.02. The summed E-state index contributed by atoms with van der Waals surface area (Å²) in [4.78, 5) is 26.2. The molecule has 6 nitrogen and oxygen atoms in total. The van der Waals surface area contributed by atoms with Crippen LogP contribution in [0.3, 0.4) is 0 Å². The molecule has 126 valence electrons. The summed E-state index contributed by atoms with van der Waals surface area (Å²) < 4.78 is 5.65. The van der Waals surface area contributed by atoms with Gasteiger partial charge in [-0.25, -0.2) is 15.0 Å². The predicted molar refractivity (Wildman–Crippen MR) is 94.6 cm³/mol. The van der Waals surface area contributed by atoms with Gasteiger partial charge in [0.2, 0.25) is 0 Å². The van der Waals surface area contributed by atoms with Crippen LogP contribution in [0, 0.1) is 6.92 Å². The first kappa shape index (κ1) is 15.7. The minimum absolute atomic E-state index is 0.0598. The quantitative estimate of drug-likeness (QED) is 0.783. The molecule has 0 radical (unpaired) electrons. The van der Waals surface area contributed by atoms with Crippen molar-refractivity contribution in [2.75, 3.05) is 6.61 Å². The number of aryl methyl sites for hydroxylation is 1. The summed E-state index contributed by atoms with van der Waals surface area (Å²) in [7, 11) is 0. The second-order valence-electron chi connectivity index (χ2n) is 5.71. The molecule has 1 unspecified atom stereocenters. The lowest BCUT2D eigenvalue weighted by atomic mass is 10.0. The Balaban J connectivity index is 1.58. The first-order chi connectivity index (χ1) is 12.2. The van der Waals surface area contributed by atoms with Crippen molar-refractivity contribution in [1.29, 1.82) is 0 Å². The Morgan fingerprint density at radius 3 is 2.88 bits per heavy atom. The van der Waals surface area contributed by atoms with Gasteiger partial charge in [-0.2, -0.15) is 0 Å². The van der Waals surface area contributed by atoms with E-state index in [0.717, 1.165) is 17.7 Å². The molecule has 1 aliphatic heterocycles. The molecule has 1 aliphatic rings. The van der Waals surface area contributed by atoms with Crippen LogP contribution >= 0.6 is 11.3 Å². The molecule has 3 aromatic rings. The number of rotatable bonds is 3. The van der Waals surface area contributed by atoms with Gasteiger partial charge in [0.15, 0.2) is 10.8 Å². The lowest BCUT2D eigenvalue weighted by molar-refractivity contribution is 0.0928. The van der Waals surface area contributed by atoms with Crippen molar-refractivity contribution in [3.05, 3.63) is 58.9 Å². The van der Waals surface area contributed by atoms with Crippen LogP contribution in [0.25, 0.3) is 10.8 Å². The molecular formula is C18H16N4O2S. The van der Waals surface area contributed by atoms with Gasteiger partial charge in [0.25, 0.3) is 5.91 Å². The minimum atomic E-state index is -0.126. The van der Waals surface area contributed by atoms with E-state index in [-0.39, 0.29) is 11.9 Å². The third-order valence-corrected chi connectivity index (χ3v) is 5.18. The first-order valence-corrected chi connectivity index (χ1v) is 8.81. The Bertz CT molecular complexity index is 910. The van der Waals surface area contributed by atoms with Gasteiger partial charge in [-0.3, -0.25) is 4.79 Å². The van der Waals surface area contributed by atoms with Crippen LogP contribution in [-0.2, 0) is 0 Å². The van der Waals surface area contributed by atoms with E-state index in [1.165, 1.54) is 11.3 Å². The van der Waals surface area contributed by atoms with Crippen molar-refractivity contribution in [3.8, 4) is 16.6 Å². The lowest BCUT2D eigenvalue weighted by Gasteiger charge is -2.26. The van der Waals surface area contributed by atoms with Crippen LogP contribution in [0.5, 0.6) is 5.75 Å². The Hall–Kier alpha value is -2.80. The van der Waals surface area contributed by atoms with E-state index in [2.05, 4.69) is 20.3 Å². The average molecular weight is 352 g/mol. The number of nitrogens with zero attached hydrogens (tertiary/aromatic N) is 3. The molecule has 4 rings (SSSR count). The molecule has 7 heteroatoms. The summed E-state index contributed by atoms with van der Waals surface area (Å²) in [6.07, 6.45) is 4.07. The van der Waals surface area contributed by atoms with E-state index in [1.54, 1.807) is 18.5 Å². The highest BCUT2D eigenvalue weighted by Gasteiger charge is 2.25. The maximum absolute atomic E-state index is 12.8. The number of ether oxygens (including phenoxy) is 1. The van der Waals surface area contributed by atoms with Crippen molar-refractivity contribution >= 4 is 17.2 Å². The molecule has 2 aromatic heterocycles. The molecule has 1 aromatic carbocycles. The van der Waals surface area contributed by atoms with E-state index in [0.29, 0.717) is 28.0 Å². The van der Waals surface area contributed by atoms with Gasteiger partial charge in [-0.05, 0) is 19.1 Å². The standard InChI is InChI=1S/C18H16N4O2S/c1-11-15(25-18(21-11)16-19-8-4-9-20-16)17(23)22-13-7-10-24-14-6-3-2-5-12(13)14/h2-6,8-9,13H,7,10H2,1H3,(H,22,23). The fraction of sp³-hybridized carbons (Fsp3) is 0.222. The van der Waals surface area contributed by atoms with Crippen molar-refractivity contribution in [2.24, 2.45) is 0 Å². The highest BCUT2D eigenvalue weighted by atomic mass is 32.1. The zero-order valence-electron chi connectivity index (χ0n) is 13.6. The Labute approximate surface area is 148 Å². The van der Waals surface area contributed by atoms with E-state index < -0.39 is 0 Å². The summed E-state index contributed by atoms with van der Waals surface area (Å²) in [5.41, 5.74) is 1.70. The molecular weight excluding hydrogens is 336 g/mol. The topological polar surface area (TPSA) is 77.0 Å². The second-order valence-corrected chi connectivity index (χ2v) is 6.71. The number of aromatic nitrogens is 3. The van der Waals surface area contributed by atoms with Crippen molar-refractivity contribution in [2.45, 2.75) is 19.4 Å². The van der Waals surface area contributed by atoms with Gasteiger partial charge in [0.05, 0.1) is 18.3 Å². The summed E-state index contributed by atoms with van der Waals surface area (Å²) >= 11 is 1.31. The number of nitrogens with one attached hydrogen (secondary N) is 1. The summed E-state index contributed by atoms with van der Waals surface area (Å²) in [6.45, 7) is 2.42. The van der Waals surface area contributed by atoms with E-state index in [9.17, 15) is 4.79 Å². The molecule has 0 spiro atoms. The molecule has 0 fully saturated rings. The van der Waals surface area contributed by atoms with Gasteiger partial charge in [0, 0.05) is 24.4 Å². The summed E-state index contributed by atoms with van der Waals surface area (Å²) in [6, 6.07) is 9.49. The van der Waals surface area contributed by atoms with Gasteiger partial charge in [0.1, 0.15) is 10.6 Å². The number of thiazole rings is 1. The molecule has 0 aliphatic carbocycles. The van der Waals surface area contributed by atoms with E-state index in [1.807, 2.05) is 31.2 Å². The SMILES string of the molecule is Cc1nc(-c2ncccn2)sc1C(=O)NC1CCOc2ccccc21. The molecule has 1 N–H and O–H groups in total. The summed E-state index contributed by atoms with van der Waals surface area (Å²) in [5.74, 6) is 1.24. The number of para-hydroxylation sites is 1. The van der Waals surface area contributed by atoms with Crippen molar-refractivity contribution < 1.29 is 9.53 Å². The van der Waals surface area contributed by atoms with Crippen LogP contribution in [0.1, 0.15) is 33.4 Å². The van der Waals surface area contributed by atoms with Crippen LogP contribution in [0.4, 0.5) is 0 Å². The maximum atomic E-state index is 12.8. The third kappa shape index (κ3) is 3.10. The highest BCUT2D eigenvalue weighted by molar-refractivity contribution is 7.17. The van der Waals surface area contributed by atoms with E-state index in [4.69, 9.17) is 4.74 Å². The van der Waals surface area contributed by atoms with Gasteiger partial charge < -0.3 is 10.1 Å². The highest BCUT2D eigenvalue weighted by Crippen LogP contribution is 2.32. The lowest BCUT2D eigenvalue weighted by Crippen LogP contribution is -2.32. The fourth-order valence-electron chi connectivity index (χ4n) is 2.83. The minimum Gasteiger partial charge on any atom is -0.493 e. The second kappa shape index (κ2) is 6.60. The number of carbonyl (C=O) groups excluding carboxylic acids is 1. The zero-order valence-corrected chi connectivity index (χ0v) is 14.4. The Morgan fingerprint density at radius 1 is 1.24 bits per heavy atom. The molecule has 0 bridgehead atoms. The first-order valence-electron chi connectivity index (χ1n) is 8.00. The number of hydrogen-bond acceptors (Lipinski definition) is 6. The molecule has 25 heavy (non-hydrogen) atoms. The normalized spacial score (nSPS) is 16.0. The maximum Gasteiger partial charge on any atom is 0.263 e.